The Bertz CT molecular complexity index is 1420. The number of pyridine rings is 1. The maximum absolute atomic E-state index is 12.6. The minimum absolute atomic E-state index is 0.127. The summed E-state index contributed by atoms with van der Waals surface area (Å²) in [5, 5.41) is 0. The first kappa shape index (κ1) is 19.5. The van der Waals surface area contributed by atoms with Gasteiger partial charge in [0.2, 0.25) is 0 Å². The van der Waals surface area contributed by atoms with Crippen LogP contribution in [0.3, 0.4) is 0 Å². The molecule has 0 atom stereocenters. The van der Waals surface area contributed by atoms with Crippen LogP contribution in [0.5, 0.6) is 0 Å². The summed E-state index contributed by atoms with van der Waals surface area (Å²) in [7, 11) is 0. The highest BCUT2D eigenvalue weighted by Crippen LogP contribution is 2.15. The maximum atomic E-state index is 12.6. The third-order valence-electron chi connectivity index (χ3n) is 4.95. The van der Waals surface area contributed by atoms with Crippen LogP contribution in [0.2, 0.25) is 0 Å². The van der Waals surface area contributed by atoms with Crippen molar-refractivity contribution in [1.29, 1.82) is 0 Å². The Morgan fingerprint density at radius 3 is 2.67 bits per heavy atom. The van der Waals surface area contributed by atoms with Gasteiger partial charge in [-0.3, -0.25) is 14.0 Å². The molecule has 4 aromatic rings. The van der Waals surface area contributed by atoms with Crippen molar-refractivity contribution in [2.75, 3.05) is 0 Å². The maximum Gasteiger partial charge on any atom is 0.338 e. The molecule has 0 aliphatic carbocycles. The molecule has 8 heteroatoms. The van der Waals surface area contributed by atoms with Crippen LogP contribution in [0.15, 0.2) is 52.2 Å². The van der Waals surface area contributed by atoms with Gasteiger partial charge >= 0.3 is 5.97 Å². The molecule has 0 aliphatic rings. The van der Waals surface area contributed by atoms with Crippen LogP contribution in [0.25, 0.3) is 16.7 Å². The van der Waals surface area contributed by atoms with Gasteiger partial charge in [0, 0.05) is 18.8 Å². The summed E-state index contributed by atoms with van der Waals surface area (Å²) in [6.07, 6.45) is 1.65. The zero-order valence-electron chi connectivity index (χ0n) is 16.9. The molecule has 0 saturated carbocycles. The van der Waals surface area contributed by atoms with E-state index in [1.165, 1.54) is 10.5 Å². The Hall–Kier alpha value is -3.81. The molecule has 1 aromatic carbocycles. The van der Waals surface area contributed by atoms with E-state index in [4.69, 9.17) is 4.74 Å². The number of hydrogen-bond donors (Lipinski definition) is 0. The lowest BCUT2D eigenvalue weighted by Crippen LogP contribution is -2.23. The minimum Gasteiger partial charge on any atom is -0.456 e. The summed E-state index contributed by atoms with van der Waals surface area (Å²) < 4.78 is 8.43. The first-order valence-electron chi connectivity index (χ1n) is 9.55. The van der Waals surface area contributed by atoms with Gasteiger partial charge in [-0.25, -0.2) is 14.8 Å². The molecule has 0 fully saturated rings. The highest BCUT2D eigenvalue weighted by Gasteiger charge is 2.13. The monoisotopic (exact) mass is 404 g/mol. The summed E-state index contributed by atoms with van der Waals surface area (Å²) in [6.45, 7) is 5.76. The smallest absolute Gasteiger partial charge is 0.338 e. The van der Waals surface area contributed by atoms with Crippen molar-refractivity contribution >= 4 is 22.6 Å². The summed E-state index contributed by atoms with van der Waals surface area (Å²) in [6, 6.07) is 9.87. The van der Waals surface area contributed by atoms with E-state index in [1.807, 2.05) is 19.9 Å². The van der Waals surface area contributed by atoms with Crippen molar-refractivity contribution in [3.8, 4) is 0 Å². The number of benzene rings is 1. The molecule has 0 aliphatic heterocycles. The number of nitrogens with zero attached hydrogens (tertiary/aromatic N) is 4. The molecule has 0 amide bonds. The van der Waals surface area contributed by atoms with Gasteiger partial charge in [-0.1, -0.05) is 6.07 Å². The fraction of sp³-hybridized carbons (Fsp3) is 0.227. The first-order valence-corrected chi connectivity index (χ1v) is 9.55. The number of aryl methyl sites for hydroxylation is 3. The largest absolute Gasteiger partial charge is 0.456 e. The summed E-state index contributed by atoms with van der Waals surface area (Å²) in [4.78, 5) is 45.8. The number of carbonyl (C=O) groups excluding carboxylic acids is 1. The Kier molecular flexibility index (Phi) is 4.91. The number of esters is 1. The Morgan fingerprint density at radius 1 is 1.10 bits per heavy atom. The topological polar surface area (TPSA) is 95.6 Å². The van der Waals surface area contributed by atoms with Crippen molar-refractivity contribution < 1.29 is 9.53 Å². The van der Waals surface area contributed by atoms with E-state index in [9.17, 15) is 14.4 Å². The third kappa shape index (κ3) is 3.36. The fourth-order valence-electron chi connectivity index (χ4n) is 3.42. The van der Waals surface area contributed by atoms with Gasteiger partial charge in [-0.05, 0) is 50.6 Å². The van der Waals surface area contributed by atoms with Crippen molar-refractivity contribution in [2.24, 2.45) is 0 Å². The molecule has 0 unspecified atom stereocenters. The lowest BCUT2D eigenvalue weighted by Gasteiger charge is -2.10. The average molecular weight is 404 g/mol. The molecule has 3 heterocycles. The third-order valence-corrected chi connectivity index (χ3v) is 4.95. The second-order valence-corrected chi connectivity index (χ2v) is 7.00. The first-order chi connectivity index (χ1) is 14.4. The van der Waals surface area contributed by atoms with Crippen LogP contribution in [0, 0.1) is 13.8 Å². The SMILES string of the molecule is CCn1c(=O)c(C)nc2cc(C(=O)OCc3cc(=O)n4cccc(C)c4n3)ccc21. The van der Waals surface area contributed by atoms with Crippen LogP contribution in [-0.2, 0) is 17.9 Å². The molecule has 0 N–H and O–H groups in total. The van der Waals surface area contributed by atoms with Crippen molar-refractivity contribution in [2.45, 2.75) is 33.9 Å². The molecule has 0 bridgehead atoms. The van der Waals surface area contributed by atoms with E-state index >= 15 is 0 Å². The number of rotatable bonds is 4. The normalized spacial score (nSPS) is 11.2. The van der Waals surface area contributed by atoms with Gasteiger partial charge < -0.3 is 9.30 Å². The lowest BCUT2D eigenvalue weighted by atomic mass is 10.2. The number of aromatic nitrogens is 4. The molecule has 8 nitrogen and oxygen atoms in total. The molecule has 0 spiro atoms. The highest BCUT2D eigenvalue weighted by atomic mass is 16.5. The van der Waals surface area contributed by atoms with Gasteiger partial charge in [-0.2, -0.15) is 0 Å². The summed E-state index contributed by atoms with van der Waals surface area (Å²) in [5.41, 5.74) is 3.24. The van der Waals surface area contributed by atoms with E-state index in [0.717, 1.165) is 5.56 Å². The number of hydrogen-bond acceptors (Lipinski definition) is 6. The highest BCUT2D eigenvalue weighted by molar-refractivity contribution is 5.93. The van der Waals surface area contributed by atoms with Crippen LogP contribution in [0.1, 0.15) is 34.2 Å². The van der Waals surface area contributed by atoms with Gasteiger partial charge in [0.15, 0.2) is 0 Å². The predicted octanol–water partition coefficient (Wildman–Crippen LogP) is 2.40. The van der Waals surface area contributed by atoms with Crippen molar-refractivity contribution in [3.63, 3.8) is 0 Å². The van der Waals surface area contributed by atoms with Gasteiger partial charge in [0.05, 0.1) is 22.3 Å². The quantitative estimate of drug-likeness (QED) is 0.485. The van der Waals surface area contributed by atoms with Gasteiger partial charge in [0.25, 0.3) is 11.1 Å². The molecule has 0 saturated heterocycles. The molecule has 3 aromatic heterocycles. The van der Waals surface area contributed by atoms with E-state index in [2.05, 4.69) is 9.97 Å². The number of ether oxygens (including phenoxy) is 1. The predicted molar refractivity (Wildman–Crippen MR) is 112 cm³/mol. The number of fused-ring (bicyclic) bond motifs is 2. The van der Waals surface area contributed by atoms with E-state index in [-0.39, 0.29) is 17.7 Å². The molecular weight excluding hydrogens is 384 g/mol. The zero-order valence-corrected chi connectivity index (χ0v) is 16.9. The second kappa shape index (κ2) is 7.55. The van der Waals surface area contributed by atoms with E-state index in [0.29, 0.717) is 40.2 Å². The summed E-state index contributed by atoms with van der Waals surface area (Å²) >= 11 is 0. The van der Waals surface area contributed by atoms with Crippen LogP contribution < -0.4 is 11.1 Å². The van der Waals surface area contributed by atoms with Crippen LogP contribution >= 0.6 is 0 Å². The van der Waals surface area contributed by atoms with Crippen LogP contribution in [-0.4, -0.2) is 24.9 Å². The van der Waals surface area contributed by atoms with E-state index in [1.54, 1.807) is 42.0 Å². The van der Waals surface area contributed by atoms with Crippen molar-refractivity contribution in [3.05, 3.63) is 85.8 Å². The minimum atomic E-state index is -0.558. The van der Waals surface area contributed by atoms with Crippen LogP contribution in [0.4, 0.5) is 0 Å². The number of carbonyl (C=O) groups is 1. The molecule has 4 rings (SSSR count). The standard InChI is InChI=1S/C22H20N4O4/c1-4-25-18-8-7-15(10-17(18)23-14(3)21(25)28)22(29)30-12-16-11-19(27)26-9-5-6-13(2)20(26)24-16/h5-11H,4,12H2,1-3H3. The Balaban J connectivity index is 1.62. The Morgan fingerprint density at radius 2 is 1.90 bits per heavy atom. The second-order valence-electron chi connectivity index (χ2n) is 7.00. The van der Waals surface area contributed by atoms with Crippen molar-refractivity contribution in [1.82, 2.24) is 18.9 Å². The molecular formula is C22H20N4O4. The van der Waals surface area contributed by atoms with Gasteiger partial charge in [-0.15, -0.1) is 0 Å². The van der Waals surface area contributed by atoms with E-state index < -0.39 is 5.97 Å². The van der Waals surface area contributed by atoms with Gasteiger partial charge in [0.1, 0.15) is 17.9 Å². The fourth-order valence-corrected chi connectivity index (χ4v) is 3.42. The summed E-state index contributed by atoms with van der Waals surface area (Å²) in [5.74, 6) is -0.558. The Labute approximate surface area is 171 Å². The molecule has 152 valence electrons. The lowest BCUT2D eigenvalue weighted by molar-refractivity contribution is 0.0468. The molecule has 30 heavy (non-hydrogen) atoms. The molecule has 0 radical (unpaired) electrons. The average Bonchev–Trinajstić information content (AvgIpc) is 2.73. The zero-order chi connectivity index (χ0) is 21.4.